The van der Waals surface area contributed by atoms with Gasteiger partial charge in [-0.15, -0.1) is 0 Å². The molecule has 2 amide bonds. The number of alkyl carbamates (subject to hydrolysis) is 1. The number of aromatic amines is 1. The van der Waals surface area contributed by atoms with E-state index in [-0.39, 0.29) is 31.6 Å². The van der Waals surface area contributed by atoms with Crippen LogP contribution in [0.3, 0.4) is 0 Å². The largest absolute Gasteiger partial charge is 0.445 e. The van der Waals surface area contributed by atoms with E-state index in [0.29, 0.717) is 10.3 Å². The lowest BCUT2D eigenvalue weighted by molar-refractivity contribution is -0.123. The fourth-order valence-corrected chi connectivity index (χ4v) is 2.91. The Bertz CT molecular complexity index is 813. The molecule has 0 radical (unpaired) electrons. The third-order valence-corrected chi connectivity index (χ3v) is 4.34. The Hall–Kier alpha value is -2.85. The summed E-state index contributed by atoms with van der Waals surface area (Å²) in [6.07, 6.45) is 4.15. The van der Waals surface area contributed by atoms with Crippen LogP contribution in [0.1, 0.15) is 11.3 Å². The molecule has 0 spiro atoms. The second kappa shape index (κ2) is 9.90. The number of carbonyl (C=O) groups excluding carboxylic acids is 2. The van der Waals surface area contributed by atoms with E-state index < -0.39 is 12.1 Å². The average molecular weight is 450 g/mol. The first kappa shape index (κ1) is 19.9. The Kier molecular flexibility index (Phi) is 7.04. The van der Waals surface area contributed by atoms with Crippen LogP contribution in [-0.2, 0) is 27.4 Å². The van der Waals surface area contributed by atoms with Crippen molar-refractivity contribution in [2.24, 2.45) is 0 Å². The van der Waals surface area contributed by atoms with Gasteiger partial charge in [0.25, 0.3) is 0 Å². The molecule has 0 fully saturated rings. The van der Waals surface area contributed by atoms with Gasteiger partial charge in [0.2, 0.25) is 5.91 Å². The number of H-pyrrole nitrogens is 1. The SMILES string of the molecule is O=C(N[C@@H](Cc1cnc[nH]1)C(=O)NCC1C=C(Br)NO1)OCc1ccccc1. The number of hydrogen-bond acceptors (Lipinski definition) is 6. The Morgan fingerprint density at radius 1 is 1.32 bits per heavy atom. The van der Waals surface area contributed by atoms with Crippen molar-refractivity contribution in [2.45, 2.75) is 25.2 Å². The number of rotatable bonds is 8. The number of ether oxygens (including phenoxy) is 1. The molecule has 1 unspecified atom stereocenters. The summed E-state index contributed by atoms with van der Waals surface area (Å²) in [5, 5.41) is 5.37. The lowest BCUT2D eigenvalue weighted by Gasteiger charge is -2.18. The minimum Gasteiger partial charge on any atom is -0.445 e. The molecule has 9 nitrogen and oxygen atoms in total. The van der Waals surface area contributed by atoms with Gasteiger partial charge in [0.15, 0.2) is 0 Å². The molecule has 4 N–H and O–H groups in total. The number of carbonyl (C=O) groups is 2. The van der Waals surface area contributed by atoms with Crippen LogP contribution in [0.5, 0.6) is 0 Å². The van der Waals surface area contributed by atoms with E-state index in [4.69, 9.17) is 9.57 Å². The molecule has 28 heavy (non-hydrogen) atoms. The van der Waals surface area contributed by atoms with Crippen LogP contribution in [0.25, 0.3) is 0 Å². The van der Waals surface area contributed by atoms with E-state index in [9.17, 15) is 9.59 Å². The minimum absolute atomic E-state index is 0.117. The van der Waals surface area contributed by atoms with E-state index >= 15 is 0 Å². The molecule has 0 aliphatic carbocycles. The molecule has 0 saturated heterocycles. The van der Waals surface area contributed by atoms with Gasteiger partial charge in [-0.3, -0.25) is 15.1 Å². The smallest absolute Gasteiger partial charge is 0.408 e. The Morgan fingerprint density at radius 2 is 2.14 bits per heavy atom. The zero-order chi connectivity index (χ0) is 19.8. The van der Waals surface area contributed by atoms with E-state index in [0.717, 1.165) is 5.56 Å². The maximum Gasteiger partial charge on any atom is 0.408 e. The molecule has 10 heteroatoms. The van der Waals surface area contributed by atoms with Crippen molar-refractivity contribution < 1.29 is 19.2 Å². The first-order valence-corrected chi connectivity index (χ1v) is 9.40. The zero-order valence-corrected chi connectivity index (χ0v) is 16.4. The molecular formula is C18H20BrN5O4. The highest BCUT2D eigenvalue weighted by Gasteiger charge is 2.24. The van der Waals surface area contributed by atoms with Crippen LogP contribution in [0.15, 0.2) is 53.5 Å². The number of aromatic nitrogens is 2. The summed E-state index contributed by atoms with van der Waals surface area (Å²) < 4.78 is 5.91. The number of nitrogens with one attached hydrogen (secondary N) is 4. The van der Waals surface area contributed by atoms with Gasteiger partial charge in [-0.1, -0.05) is 30.3 Å². The molecule has 0 bridgehead atoms. The average Bonchev–Trinajstić information content (AvgIpc) is 3.36. The number of halogens is 1. The molecule has 3 rings (SSSR count). The summed E-state index contributed by atoms with van der Waals surface area (Å²) in [5.41, 5.74) is 4.22. The summed E-state index contributed by atoms with van der Waals surface area (Å²) >= 11 is 3.25. The molecule has 1 aliphatic rings. The summed E-state index contributed by atoms with van der Waals surface area (Å²) in [5.74, 6) is -0.355. The predicted molar refractivity (Wildman–Crippen MR) is 104 cm³/mol. The van der Waals surface area contributed by atoms with Crippen molar-refractivity contribution in [1.29, 1.82) is 0 Å². The van der Waals surface area contributed by atoms with Crippen LogP contribution in [0, 0.1) is 0 Å². The van der Waals surface area contributed by atoms with Gasteiger partial charge >= 0.3 is 6.09 Å². The Labute approximate surface area is 170 Å². The van der Waals surface area contributed by atoms with Crippen molar-refractivity contribution in [3.8, 4) is 0 Å². The third kappa shape index (κ3) is 6.10. The summed E-state index contributed by atoms with van der Waals surface area (Å²) in [6, 6.07) is 8.47. The standard InChI is InChI=1S/C18H20BrN5O4/c19-16-7-14(28-24-16)9-21-17(25)15(6-13-8-20-11-22-13)23-18(26)27-10-12-4-2-1-3-5-12/h1-5,7-8,11,14-15,24H,6,9-10H2,(H,20,22)(H,21,25)(H,23,26)/t14?,15-/m0/s1. The van der Waals surface area contributed by atoms with Crippen molar-refractivity contribution >= 4 is 27.9 Å². The van der Waals surface area contributed by atoms with Gasteiger partial charge in [0, 0.05) is 18.3 Å². The number of imidazole rings is 1. The van der Waals surface area contributed by atoms with Gasteiger partial charge in [-0.25, -0.2) is 9.78 Å². The fourth-order valence-electron chi connectivity index (χ4n) is 2.52. The predicted octanol–water partition coefficient (Wildman–Crippen LogP) is 1.50. The van der Waals surface area contributed by atoms with Crippen LogP contribution in [0.2, 0.25) is 0 Å². The monoisotopic (exact) mass is 449 g/mol. The number of hydrogen-bond donors (Lipinski definition) is 4. The number of amides is 2. The molecule has 2 atom stereocenters. The van der Waals surface area contributed by atoms with E-state index in [1.165, 1.54) is 6.33 Å². The Balaban J connectivity index is 1.54. The fraction of sp³-hybridized carbons (Fsp3) is 0.278. The summed E-state index contributed by atoms with van der Waals surface area (Å²) in [7, 11) is 0. The van der Waals surface area contributed by atoms with Gasteiger partial charge in [-0.2, -0.15) is 0 Å². The second-order valence-corrected chi connectivity index (χ2v) is 6.91. The lowest BCUT2D eigenvalue weighted by atomic mass is 10.1. The highest BCUT2D eigenvalue weighted by Crippen LogP contribution is 2.11. The third-order valence-electron chi connectivity index (χ3n) is 3.92. The summed E-state index contributed by atoms with van der Waals surface area (Å²) in [6.45, 7) is 0.368. The zero-order valence-electron chi connectivity index (χ0n) is 14.9. The van der Waals surface area contributed by atoms with Gasteiger partial charge in [0.05, 0.1) is 12.9 Å². The number of nitrogens with zero attached hydrogens (tertiary/aromatic N) is 1. The topological polar surface area (TPSA) is 117 Å². The van der Waals surface area contributed by atoms with Gasteiger partial charge in [0.1, 0.15) is 23.4 Å². The molecule has 1 aliphatic heterocycles. The Morgan fingerprint density at radius 3 is 2.82 bits per heavy atom. The quantitative estimate of drug-likeness (QED) is 0.453. The normalized spacial score (nSPS) is 16.6. The first-order valence-electron chi connectivity index (χ1n) is 8.61. The van der Waals surface area contributed by atoms with Crippen molar-refractivity contribution in [3.05, 3.63) is 64.8 Å². The van der Waals surface area contributed by atoms with Crippen molar-refractivity contribution in [2.75, 3.05) is 6.54 Å². The molecule has 1 aromatic carbocycles. The van der Waals surface area contributed by atoms with E-state index in [1.807, 2.05) is 30.3 Å². The molecular weight excluding hydrogens is 430 g/mol. The molecule has 148 valence electrons. The van der Waals surface area contributed by atoms with Gasteiger partial charge in [-0.05, 0) is 27.6 Å². The maximum absolute atomic E-state index is 12.6. The van der Waals surface area contributed by atoms with E-state index in [2.05, 4.69) is 42.0 Å². The second-order valence-electron chi connectivity index (χ2n) is 6.06. The van der Waals surface area contributed by atoms with Crippen LogP contribution < -0.4 is 16.1 Å². The van der Waals surface area contributed by atoms with E-state index in [1.54, 1.807) is 12.3 Å². The van der Waals surface area contributed by atoms with Crippen LogP contribution in [-0.4, -0.2) is 40.7 Å². The first-order chi connectivity index (χ1) is 13.6. The lowest BCUT2D eigenvalue weighted by Crippen LogP contribution is -2.49. The maximum atomic E-state index is 12.6. The highest BCUT2D eigenvalue weighted by molar-refractivity contribution is 9.11. The van der Waals surface area contributed by atoms with Gasteiger partial charge < -0.3 is 20.4 Å². The minimum atomic E-state index is -0.828. The number of benzene rings is 1. The van der Waals surface area contributed by atoms with Crippen molar-refractivity contribution in [3.63, 3.8) is 0 Å². The van der Waals surface area contributed by atoms with Crippen LogP contribution >= 0.6 is 15.9 Å². The van der Waals surface area contributed by atoms with Crippen molar-refractivity contribution in [1.82, 2.24) is 26.1 Å². The molecule has 2 aromatic rings. The highest BCUT2D eigenvalue weighted by atomic mass is 79.9. The summed E-state index contributed by atoms with van der Waals surface area (Å²) in [4.78, 5) is 36.9. The molecule has 0 saturated carbocycles. The molecule has 2 heterocycles. The van der Waals surface area contributed by atoms with Crippen LogP contribution in [0.4, 0.5) is 4.79 Å². The molecule has 1 aromatic heterocycles. The number of hydroxylamine groups is 1.